The van der Waals surface area contributed by atoms with Crippen LogP contribution in [0, 0.1) is 0 Å². The van der Waals surface area contributed by atoms with Gasteiger partial charge in [0.2, 0.25) is 9.84 Å². The SMILES string of the molecule is CSc1sc(C(=O)O)cc1S(=O)(=O)c1cccc(Br)c1. The van der Waals surface area contributed by atoms with Crippen molar-refractivity contribution in [3.63, 3.8) is 0 Å². The van der Waals surface area contributed by atoms with Crippen molar-refractivity contribution in [2.24, 2.45) is 0 Å². The highest BCUT2D eigenvalue weighted by molar-refractivity contribution is 9.10. The van der Waals surface area contributed by atoms with E-state index in [1.165, 1.54) is 30.0 Å². The summed E-state index contributed by atoms with van der Waals surface area (Å²) in [6, 6.07) is 7.56. The number of thiophene rings is 1. The highest BCUT2D eigenvalue weighted by Gasteiger charge is 2.25. The Hall–Kier alpha value is -0.830. The number of halogens is 1. The first-order valence-corrected chi connectivity index (χ1v) is 9.60. The second kappa shape index (κ2) is 5.88. The molecular weight excluding hydrogens is 384 g/mol. The Bertz CT molecular complexity index is 765. The van der Waals surface area contributed by atoms with Crippen LogP contribution in [0.25, 0.3) is 0 Å². The molecule has 1 aromatic heterocycles. The number of carbonyl (C=O) groups is 1. The molecule has 0 radical (unpaired) electrons. The smallest absolute Gasteiger partial charge is 0.345 e. The number of carboxylic acid groups (broad SMARTS) is 1. The number of sulfone groups is 1. The summed E-state index contributed by atoms with van der Waals surface area (Å²) in [5, 5.41) is 9.00. The van der Waals surface area contributed by atoms with Crippen LogP contribution in [-0.4, -0.2) is 25.7 Å². The van der Waals surface area contributed by atoms with Crippen molar-refractivity contribution in [1.82, 2.24) is 0 Å². The van der Waals surface area contributed by atoms with Crippen LogP contribution in [0.2, 0.25) is 0 Å². The van der Waals surface area contributed by atoms with Gasteiger partial charge in [0.05, 0.1) is 14.0 Å². The predicted molar refractivity (Wildman–Crippen MR) is 82.7 cm³/mol. The van der Waals surface area contributed by atoms with Gasteiger partial charge in [-0.05, 0) is 30.5 Å². The van der Waals surface area contributed by atoms with Crippen LogP contribution < -0.4 is 0 Å². The second-order valence-corrected chi connectivity index (χ2v) is 8.69. The van der Waals surface area contributed by atoms with E-state index in [1.807, 2.05) is 0 Å². The summed E-state index contributed by atoms with van der Waals surface area (Å²) in [7, 11) is -3.72. The lowest BCUT2D eigenvalue weighted by molar-refractivity contribution is 0.0702. The zero-order valence-electron chi connectivity index (χ0n) is 10.2. The quantitative estimate of drug-likeness (QED) is 0.801. The topological polar surface area (TPSA) is 71.4 Å². The fourth-order valence-electron chi connectivity index (χ4n) is 1.55. The number of hydrogen-bond donors (Lipinski definition) is 1. The summed E-state index contributed by atoms with van der Waals surface area (Å²) < 4.78 is 26.3. The van der Waals surface area contributed by atoms with E-state index < -0.39 is 15.8 Å². The minimum Gasteiger partial charge on any atom is -0.477 e. The van der Waals surface area contributed by atoms with Crippen LogP contribution in [0.15, 0.2) is 48.8 Å². The number of thioether (sulfide) groups is 1. The Balaban J connectivity index is 2.63. The third kappa shape index (κ3) is 2.93. The normalized spacial score (nSPS) is 11.5. The predicted octanol–water partition coefficient (Wildman–Crippen LogP) is 3.76. The van der Waals surface area contributed by atoms with E-state index in [9.17, 15) is 13.2 Å². The van der Waals surface area contributed by atoms with E-state index in [-0.39, 0.29) is 14.7 Å². The van der Waals surface area contributed by atoms with E-state index in [0.29, 0.717) is 8.68 Å². The molecule has 0 saturated heterocycles. The zero-order chi connectivity index (χ0) is 14.9. The van der Waals surface area contributed by atoms with Gasteiger partial charge < -0.3 is 5.11 Å². The van der Waals surface area contributed by atoms with Gasteiger partial charge in [-0.2, -0.15) is 0 Å². The molecule has 1 aromatic carbocycles. The molecule has 0 bridgehead atoms. The molecule has 106 valence electrons. The molecule has 0 saturated carbocycles. The van der Waals surface area contributed by atoms with Crippen LogP contribution >= 0.6 is 39.0 Å². The Morgan fingerprint density at radius 1 is 1.35 bits per heavy atom. The summed E-state index contributed by atoms with van der Waals surface area (Å²) in [4.78, 5) is 11.2. The van der Waals surface area contributed by atoms with Crippen LogP contribution in [0.4, 0.5) is 0 Å². The fraction of sp³-hybridized carbons (Fsp3) is 0.0833. The third-order valence-electron chi connectivity index (χ3n) is 2.46. The van der Waals surface area contributed by atoms with Crippen molar-refractivity contribution in [2.75, 3.05) is 6.26 Å². The van der Waals surface area contributed by atoms with Crippen molar-refractivity contribution in [3.05, 3.63) is 39.7 Å². The molecule has 2 aromatic rings. The Kier molecular flexibility index (Phi) is 4.58. The molecule has 0 aliphatic carbocycles. The molecule has 0 unspecified atom stereocenters. The van der Waals surface area contributed by atoms with E-state index >= 15 is 0 Å². The summed E-state index contributed by atoms with van der Waals surface area (Å²) in [6.45, 7) is 0. The van der Waals surface area contributed by atoms with Gasteiger partial charge in [0.25, 0.3) is 0 Å². The fourth-order valence-corrected chi connectivity index (χ4v) is 5.98. The molecule has 0 fully saturated rings. The average Bonchev–Trinajstić information content (AvgIpc) is 2.83. The average molecular weight is 393 g/mol. The molecular formula is C12H9BrO4S3. The van der Waals surface area contributed by atoms with E-state index in [2.05, 4.69) is 15.9 Å². The molecule has 0 spiro atoms. The Morgan fingerprint density at radius 2 is 2.05 bits per heavy atom. The highest BCUT2D eigenvalue weighted by Crippen LogP contribution is 2.37. The van der Waals surface area contributed by atoms with Crippen molar-refractivity contribution >= 4 is 54.8 Å². The highest BCUT2D eigenvalue weighted by atomic mass is 79.9. The molecule has 20 heavy (non-hydrogen) atoms. The van der Waals surface area contributed by atoms with Crippen LogP contribution in [0.5, 0.6) is 0 Å². The van der Waals surface area contributed by atoms with Gasteiger partial charge >= 0.3 is 5.97 Å². The van der Waals surface area contributed by atoms with E-state index in [0.717, 1.165) is 11.3 Å². The second-order valence-electron chi connectivity index (χ2n) is 3.73. The van der Waals surface area contributed by atoms with Gasteiger partial charge in [-0.25, -0.2) is 13.2 Å². The molecule has 0 atom stereocenters. The summed E-state index contributed by atoms with van der Waals surface area (Å²) in [5.41, 5.74) is 0. The first-order valence-electron chi connectivity index (χ1n) is 5.28. The number of aromatic carboxylic acids is 1. The first kappa shape index (κ1) is 15.6. The first-order chi connectivity index (χ1) is 9.36. The van der Waals surface area contributed by atoms with Gasteiger partial charge in [-0.3, -0.25) is 0 Å². The van der Waals surface area contributed by atoms with Crippen LogP contribution in [0.3, 0.4) is 0 Å². The molecule has 0 aliphatic heterocycles. The maximum atomic E-state index is 12.6. The standard InChI is InChI=1S/C12H9BrO4S3/c1-18-12-10(6-9(19-12)11(14)15)20(16,17)8-4-2-3-7(13)5-8/h2-6H,1H3,(H,14,15). The lowest BCUT2D eigenvalue weighted by Gasteiger charge is -2.04. The monoisotopic (exact) mass is 392 g/mol. The van der Waals surface area contributed by atoms with Gasteiger partial charge in [0.1, 0.15) is 4.88 Å². The Labute approximate surface area is 132 Å². The summed E-state index contributed by atoms with van der Waals surface area (Å²) in [6.07, 6.45) is 1.72. The van der Waals surface area contributed by atoms with Crippen molar-refractivity contribution in [1.29, 1.82) is 0 Å². The largest absolute Gasteiger partial charge is 0.477 e. The van der Waals surface area contributed by atoms with E-state index in [1.54, 1.807) is 18.4 Å². The maximum absolute atomic E-state index is 12.6. The van der Waals surface area contributed by atoms with Crippen LogP contribution in [0.1, 0.15) is 9.67 Å². The van der Waals surface area contributed by atoms with Gasteiger partial charge in [-0.1, -0.05) is 22.0 Å². The minimum atomic E-state index is -3.72. The van der Waals surface area contributed by atoms with Gasteiger partial charge in [0, 0.05) is 4.47 Å². The lowest BCUT2D eigenvalue weighted by Crippen LogP contribution is -2.02. The third-order valence-corrected chi connectivity index (χ3v) is 7.24. The summed E-state index contributed by atoms with van der Waals surface area (Å²) in [5.74, 6) is -1.12. The van der Waals surface area contributed by atoms with Crippen molar-refractivity contribution in [2.45, 2.75) is 14.0 Å². The zero-order valence-corrected chi connectivity index (χ0v) is 14.2. The van der Waals surface area contributed by atoms with Gasteiger partial charge in [-0.15, -0.1) is 23.1 Å². The Morgan fingerprint density at radius 3 is 2.60 bits per heavy atom. The molecule has 4 nitrogen and oxygen atoms in total. The number of hydrogen-bond acceptors (Lipinski definition) is 5. The molecule has 1 N–H and O–H groups in total. The summed E-state index contributed by atoms with van der Waals surface area (Å²) >= 11 is 5.42. The van der Waals surface area contributed by atoms with Crippen molar-refractivity contribution < 1.29 is 18.3 Å². The number of rotatable bonds is 4. The number of benzene rings is 1. The van der Waals surface area contributed by atoms with Gasteiger partial charge in [0.15, 0.2) is 0 Å². The van der Waals surface area contributed by atoms with E-state index in [4.69, 9.17) is 5.11 Å². The molecule has 8 heteroatoms. The molecule has 0 aliphatic rings. The van der Waals surface area contributed by atoms with Crippen molar-refractivity contribution in [3.8, 4) is 0 Å². The number of carboxylic acids is 1. The lowest BCUT2D eigenvalue weighted by atomic mass is 10.4. The molecule has 0 amide bonds. The maximum Gasteiger partial charge on any atom is 0.345 e. The molecule has 1 heterocycles. The minimum absolute atomic E-state index is 0.0166. The molecule has 2 rings (SSSR count). The van der Waals surface area contributed by atoms with Crippen LogP contribution in [-0.2, 0) is 9.84 Å².